The highest BCUT2D eigenvalue weighted by atomic mass is 32.2. The van der Waals surface area contributed by atoms with E-state index in [1.54, 1.807) is 0 Å². The van der Waals surface area contributed by atoms with Crippen molar-refractivity contribution in [2.75, 3.05) is 40.8 Å². The van der Waals surface area contributed by atoms with Gasteiger partial charge < -0.3 is 26.0 Å². The van der Waals surface area contributed by atoms with Crippen LogP contribution in [-0.2, 0) is 24.6 Å². The maximum Gasteiger partial charge on any atom is 0.330 e. The van der Waals surface area contributed by atoms with Crippen molar-refractivity contribution in [1.82, 2.24) is 29.5 Å². The van der Waals surface area contributed by atoms with E-state index in [2.05, 4.69) is 22.9 Å². The fourth-order valence-electron chi connectivity index (χ4n) is 5.01. The van der Waals surface area contributed by atoms with Crippen molar-refractivity contribution in [3.05, 3.63) is 12.2 Å². The largest absolute Gasteiger partial charge is 0.479 e. The molecule has 1 heterocycles. The van der Waals surface area contributed by atoms with E-state index in [9.17, 15) is 32.7 Å². The number of hydrogen-bond donors (Lipinski definition) is 4. The third-order valence-electron chi connectivity index (χ3n) is 8.01. The van der Waals surface area contributed by atoms with E-state index in [1.165, 1.54) is 26.0 Å². The minimum absolute atomic E-state index is 0.0139. The second-order valence-electron chi connectivity index (χ2n) is 12.6. The van der Waals surface area contributed by atoms with Crippen LogP contribution in [0.4, 0.5) is 4.79 Å². The van der Waals surface area contributed by atoms with E-state index in [1.807, 2.05) is 32.9 Å². The Balaban J connectivity index is 1.96. The number of unbranched alkanes of at least 4 members (excludes halogenated alkanes) is 3. The summed E-state index contributed by atoms with van der Waals surface area (Å²) in [5.41, 5.74) is -1.86. The highest BCUT2D eigenvalue weighted by molar-refractivity contribution is 7.86. The lowest BCUT2D eigenvalue weighted by Gasteiger charge is -2.35. The highest BCUT2D eigenvalue weighted by Crippen LogP contribution is 2.45. The maximum atomic E-state index is 13.2. The number of aliphatic carboxylic acids is 1. The first-order chi connectivity index (χ1) is 19.5. The summed E-state index contributed by atoms with van der Waals surface area (Å²) in [6, 6.07) is -2.03. The number of carboxylic acid groups (broad SMARTS) is 1. The van der Waals surface area contributed by atoms with Crippen molar-refractivity contribution < 1.29 is 32.7 Å². The van der Waals surface area contributed by atoms with Crippen LogP contribution in [0, 0.1) is 11.3 Å². The van der Waals surface area contributed by atoms with Crippen LogP contribution in [0.3, 0.4) is 0 Å². The summed E-state index contributed by atoms with van der Waals surface area (Å²) in [6.45, 7) is 7.67. The van der Waals surface area contributed by atoms with Crippen molar-refractivity contribution in [2.45, 2.75) is 90.3 Å². The van der Waals surface area contributed by atoms with Gasteiger partial charge in [0.2, 0.25) is 11.8 Å². The van der Waals surface area contributed by atoms with Crippen LogP contribution in [-0.4, -0.2) is 109 Å². The Bertz CT molecular complexity index is 1120. The van der Waals surface area contributed by atoms with Gasteiger partial charge in [-0.2, -0.15) is 17.0 Å². The fourth-order valence-corrected chi connectivity index (χ4v) is 5.90. The van der Waals surface area contributed by atoms with Gasteiger partial charge in [0.1, 0.15) is 11.6 Å². The minimum Gasteiger partial charge on any atom is -0.479 e. The number of nitrogens with zero attached hydrogens (tertiary/aromatic N) is 3. The van der Waals surface area contributed by atoms with Gasteiger partial charge in [-0.25, -0.2) is 9.59 Å². The first kappa shape index (κ1) is 35.5. The van der Waals surface area contributed by atoms with Gasteiger partial charge in [-0.15, -0.1) is 0 Å². The predicted octanol–water partition coefficient (Wildman–Crippen LogP) is 1.53. The highest BCUT2D eigenvalue weighted by Gasteiger charge is 2.61. The smallest absolute Gasteiger partial charge is 0.330 e. The summed E-state index contributed by atoms with van der Waals surface area (Å²) in [5.74, 6) is -2.35. The Morgan fingerprint density at radius 1 is 1.14 bits per heavy atom. The molecule has 2 unspecified atom stereocenters. The lowest BCUT2D eigenvalue weighted by molar-refractivity contribution is -0.145. The molecular weight excluding hydrogens is 564 g/mol. The Morgan fingerprint density at radius 2 is 1.81 bits per heavy atom. The normalized spacial score (nSPS) is 23.3. The molecule has 14 heteroatoms. The average Bonchev–Trinajstić information content (AvgIpc) is 3.36. The third-order valence-corrected chi connectivity index (χ3v) is 9.87. The molecule has 4 N–H and O–H groups in total. The van der Waals surface area contributed by atoms with Crippen LogP contribution in [0.15, 0.2) is 12.2 Å². The standard InChI is InChI=1S/C28H50N6O7S/c1-8-9-10-11-12-14-20-17-28(20,25(37)38)31-24(36)21-15-13-16-34(21)23(35)18-29-26(39)30-22(27(2,3)4)19-33(7)42(40,41)32(5)6/h12,14,20-22H,8-11,13,15-19H2,1-7H3,(H,31,36)(H,37,38)(H2,29,30,39)/b14-12-/t20?,21-,22?,28+/m0/s1. The lowest BCUT2D eigenvalue weighted by atomic mass is 9.87. The Morgan fingerprint density at radius 3 is 2.38 bits per heavy atom. The Labute approximate surface area is 250 Å². The Hall–Kier alpha value is -2.71. The molecular formula is C28H50N6O7S. The lowest BCUT2D eigenvalue weighted by Crippen LogP contribution is -2.56. The number of carboxylic acids is 1. The summed E-state index contributed by atoms with van der Waals surface area (Å²) >= 11 is 0. The van der Waals surface area contributed by atoms with Gasteiger partial charge in [0.25, 0.3) is 10.2 Å². The average molecular weight is 615 g/mol. The molecule has 0 radical (unpaired) electrons. The summed E-state index contributed by atoms with van der Waals surface area (Å²) in [7, 11) is 0.586. The van der Waals surface area contributed by atoms with E-state index < -0.39 is 57.1 Å². The number of allylic oxidation sites excluding steroid dienone is 1. The molecule has 4 amide bonds. The first-order valence-electron chi connectivity index (χ1n) is 14.7. The second-order valence-corrected chi connectivity index (χ2v) is 14.8. The quantitative estimate of drug-likeness (QED) is 0.160. The molecule has 1 aliphatic heterocycles. The Kier molecular flexibility index (Phi) is 12.4. The zero-order valence-electron chi connectivity index (χ0n) is 26.1. The third kappa shape index (κ3) is 9.14. The number of carbonyl (C=O) groups excluding carboxylic acids is 3. The van der Waals surface area contributed by atoms with Crippen LogP contribution in [0.1, 0.15) is 72.6 Å². The molecule has 13 nitrogen and oxygen atoms in total. The topological polar surface area (TPSA) is 168 Å². The van der Waals surface area contributed by atoms with Crippen molar-refractivity contribution in [3.63, 3.8) is 0 Å². The van der Waals surface area contributed by atoms with Gasteiger partial charge >= 0.3 is 12.0 Å². The molecule has 0 bridgehead atoms. The predicted molar refractivity (Wildman–Crippen MR) is 160 cm³/mol. The maximum absolute atomic E-state index is 13.2. The number of amides is 4. The first-order valence-corrected chi connectivity index (χ1v) is 16.1. The van der Waals surface area contributed by atoms with E-state index in [0.29, 0.717) is 25.8 Å². The van der Waals surface area contributed by atoms with Crippen LogP contribution >= 0.6 is 0 Å². The second kappa shape index (κ2) is 14.6. The van der Waals surface area contributed by atoms with E-state index in [0.717, 1.165) is 34.3 Å². The summed E-state index contributed by atoms with van der Waals surface area (Å²) in [6.07, 6.45) is 9.22. The van der Waals surface area contributed by atoms with Crippen molar-refractivity contribution in [2.24, 2.45) is 11.3 Å². The molecule has 1 aliphatic carbocycles. The van der Waals surface area contributed by atoms with Gasteiger partial charge in [-0.3, -0.25) is 9.59 Å². The number of hydrogen-bond acceptors (Lipinski definition) is 6. The number of carbonyl (C=O) groups is 4. The number of rotatable bonds is 15. The van der Waals surface area contributed by atoms with Crippen LogP contribution in [0.5, 0.6) is 0 Å². The van der Waals surface area contributed by atoms with Gasteiger partial charge in [-0.05, 0) is 37.5 Å². The molecule has 0 aromatic carbocycles. The monoisotopic (exact) mass is 614 g/mol. The summed E-state index contributed by atoms with van der Waals surface area (Å²) in [5, 5.41) is 17.9. The number of likely N-dealkylation sites (N-methyl/N-ethyl adjacent to an activating group) is 1. The van der Waals surface area contributed by atoms with Gasteiger partial charge in [0.15, 0.2) is 0 Å². The molecule has 2 aliphatic rings. The molecule has 2 rings (SSSR count). The molecule has 240 valence electrons. The van der Waals surface area contributed by atoms with E-state index in [-0.39, 0.29) is 19.0 Å². The number of urea groups is 1. The molecule has 0 spiro atoms. The SMILES string of the molecule is CCCCC/C=C\C1C[C@]1(NC(=O)[C@@H]1CCCN1C(=O)CNC(=O)NC(CN(C)S(=O)(=O)N(C)C)C(C)(C)C)C(=O)O. The minimum atomic E-state index is -3.69. The summed E-state index contributed by atoms with van der Waals surface area (Å²) in [4.78, 5) is 52.3. The molecule has 0 aromatic rings. The fraction of sp³-hybridized carbons (Fsp3) is 0.786. The molecule has 0 aromatic heterocycles. The van der Waals surface area contributed by atoms with Crippen molar-refractivity contribution >= 4 is 34.0 Å². The van der Waals surface area contributed by atoms with Crippen molar-refractivity contribution in [3.8, 4) is 0 Å². The zero-order valence-corrected chi connectivity index (χ0v) is 26.9. The molecule has 2 fully saturated rings. The van der Waals surface area contributed by atoms with E-state index in [4.69, 9.17) is 0 Å². The van der Waals surface area contributed by atoms with E-state index >= 15 is 0 Å². The summed E-state index contributed by atoms with van der Waals surface area (Å²) < 4.78 is 27.2. The number of nitrogens with one attached hydrogen (secondary N) is 3. The molecule has 4 atom stereocenters. The zero-order chi connectivity index (χ0) is 31.9. The van der Waals surface area contributed by atoms with Crippen molar-refractivity contribution in [1.29, 1.82) is 0 Å². The molecule has 1 saturated carbocycles. The van der Waals surface area contributed by atoms with Gasteiger partial charge in [0.05, 0.1) is 6.54 Å². The van der Waals surface area contributed by atoms with Crippen LogP contribution in [0.25, 0.3) is 0 Å². The molecule has 1 saturated heterocycles. The van der Waals surface area contributed by atoms with Gasteiger partial charge in [0, 0.05) is 46.2 Å². The molecule has 42 heavy (non-hydrogen) atoms. The van der Waals surface area contributed by atoms with Gasteiger partial charge in [-0.1, -0.05) is 52.7 Å². The number of likely N-dealkylation sites (tertiary alicyclic amines) is 1. The van der Waals surface area contributed by atoms with Crippen LogP contribution < -0.4 is 16.0 Å². The van der Waals surface area contributed by atoms with Crippen LogP contribution in [0.2, 0.25) is 0 Å².